The van der Waals surface area contributed by atoms with E-state index in [0.717, 1.165) is 24.4 Å². The van der Waals surface area contributed by atoms with Crippen LogP contribution in [0.2, 0.25) is 5.02 Å². The van der Waals surface area contributed by atoms with E-state index in [1.54, 1.807) is 0 Å². The molecule has 2 aromatic rings. The first-order chi connectivity index (χ1) is 7.84. The molecular weight excluding hydrogens is 224 g/mol. The molecule has 84 valence electrons. The summed E-state index contributed by atoms with van der Waals surface area (Å²) in [4.78, 5) is 4.48. The summed E-state index contributed by atoms with van der Waals surface area (Å²) in [6, 6.07) is 5.90. The van der Waals surface area contributed by atoms with Crippen LogP contribution < -0.4 is 5.32 Å². The third-order valence-electron chi connectivity index (χ3n) is 2.99. The summed E-state index contributed by atoms with van der Waals surface area (Å²) in [5, 5.41) is 4.05. The average molecular weight is 237 g/mol. The van der Waals surface area contributed by atoms with Crippen molar-refractivity contribution in [2.45, 2.75) is 25.3 Å². The van der Waals surface area contributed by atoms with Crippen LogP contribution in [0.3, 0.4) is 0 Å². The molecule has 2 heterocycles. The topological polar surface area (TPSA) is 38.1 Å². The van der Waals surface area contributed by atoms with E-state index in [9.17, 15) is 0 Å². The number of halogens is 1. The Morgan fingerprint density at radius 3 is 3.06 bits per heavy atom. The highest BCUT2D eigenvalue weighted by molar-refractivity contribution is 6.34. The Kier molecular flexibility index (Phi) is 2.58. The highest BCUT2D eigenvalue weighted by atomic mass is 35.5. The van der Waals surface area contributed by atoms with E-state index >= 15 is 0 Å². The number of rotatable bonds is 1. The summed E-state index contributed by atoms with van der Waals surface area (Å²) in [6.07, 6.45) is 3.55. The van der Waals surface area contributed by atoms with Gasteiger partial charge in [-0.3, -0.25) is 0 Å². The molecule has 1 fully saturated rings. The van der Waals surface area contributed by atoms with Crippen LogP contribution in [-0.4, -0.2) is 11.5 Å². The molecule has 1 aromatic carbocycles. The molecule has 1 aliphatic heterocycles. The molecule has 1 saturated heterocycles. The summed E-state index contributed by atoms with van der Waals surface area (Å²) < 4.78 is 5.73. The van der Waals surface area contributed by atoms with Crippen LogP contribution in [0.15, 0.2) is 22.6 Å². The zero-order chi connectivity index (χ0) is 11.0. The molecule has 0 bridgehead atoms. The Morgan fingerprint density at radius 2 is 2.31 bits per heavy atom. The van der Waals surface area contributed by atoms with Gasteiger partial charge in [0.15, 0.2) is 5.58 Å². The van der Waals surface area contributed by atoms with E-state index in [-0.39, 0.29) is 6.04 Å². The lowest BCUT2D eigenvalue weighted by Crippen LogP contribution is -2.26. The van der Waals surface area contributed by atoms with Crippen molar-refractivity contribution < 1.29 is 4.42 Å². The van der Waals surface area contributed by atoms with Gasteiger partial charge >= 0.3 is 0 Å². The molecule has 1 aliphatic rings. The van der Waals surface area contributed by atoms with Gasteiger partial charge in [-0.1, -0.05) is 24.1 Å². The smallest absolute Gasteiger partial charge is 0.212 e. The van der Waals surface area contributed by atoms with Crippen LogP contribution in [0.5, 0.6) is 0 Å². The van der Waals surface area contributed by atoms with Gasteiger partial charge in [0.25, 0.3) is 0 Å². The lowest BCUT2D eigenvalue weighted by Gasteiger charge is -2.19. The first-order valence-electron chi connectivity index (χ1n) is 5.63. The SMILES string of the molecule is Clc1cccc2nc(C3CCCCN3)oc12. The minimum absolute atomic E-state index is 0.247. The summed E-state index contributed by atoms with van der Waals surface area (Å²) in [7, 11) is 0. The highest BCUT2D eigenvalue weighted by Gasteiger charge is 2.20. The Morgan fingerprint density at radius 1 is 1.38 bits per heavy atom. The number of para-hydroxylation sites is 1. The van der Waals surface area contributed by atoms with Gasteiger partial charge in [0.05, 0.1) is 11.1 Å². The van der Waals surface area contributed by atoms with Crippen molar-refractivity contribution in [3.05, 3.63) is 29.1 Å². The molecule has 4 heteroatoms. The lowest BCUT2D eigenvalue weighted by atomic mass is 10.1. The number of nitrogens with one attached hydrogen (secondary N) is 1. The van der Waals surface area contributed by atoms with E-state index in [2.05, 4.69) is 10.3 Å². The molecule has 3 rings (SSSR count). The molecule has 16 heavy (non-hydrogen) atoms. The fraction of sp³-hybridized carbons (Fsp3) is 0.417. The Bertz CT molecular complexity index is 503. The molecule has 0 aliphatic carbocycles. The first-order valence-corrected chi connectivity index (χ1v) is 6.01. The number of benzene rings is 1. The van der Waals surface area contributed by atoms with Crippen molar-refractivity contribution in [1.82, 2.24) is 10.3 Å². The molecule has 0 saturated carbocycles. The zero-order valence-electron chi connectivity index (χ0n) is 8.87. The highest BCUT2D eigenvalue weighted by Crippen LogP contribution is 2.29. The van der Waals surface area contributed by atoms with Gasteiger partial charge < -0.3 is 9.73 Å². The van der Waals surface area contributed by atoms with Gasteiger partial charge in [0, 0.05) is 0 Å². The third-order valence-corrected chi connectivity index (χ3v) is 3.29. The van der Waals surface area contributed by atoms with Crippen LogP contribution in [0, 0.1) is 0 Å². The van der Waals surface area contributed by atoms with Gasteiger partial charge in [-0.05, 0) is 31.5 Å². The van der Waals surface area contributed by atoms with Gasteiger partial charge in [-0.25, -0.2) is 4.98 Å². The average Bonchev–Trinajstić information content (AvgIpc) is 2.76. The van der Waals surface area contributed by atoms with Crippen LogP contribution in [-0.2, 0) is 0 Å². The van der Waals surface area contributed by atoms with Crippen molar-refractivity contribution in [2.24, 2.45) is 0 Å². The van der Waals surface area contributed by atoms with E-state index in [4.69, 9.17) is 16.0 Å². The van der Waals surface area contributed by atoms with Crippen molar-refractivity contribution in [3.8, 4) is 0 Å². The summed E-state index contributed by atoms with van der Waals surface area (Å²) in [6.45, 7) is 1.04. The summed E-state index contributed by atoms with van der Waals surface area (Å²) in [5.74, 6) is 0.766. The molecule has 1 N–H and O–H groups in total. The quantitative estimate of drug-likeness (QED) is 0.826. The molecular formula is C12H13ClN2O. The number of aromatic nitrogens is 1. The maximum atomic E-state index is 6.06. The standard InChI is InChI=1S/C12H13ClN2O/c13-8-4-3-6-9-11(8)16-12(15-9)10-5-1-2-7-14-10/h3-4,6,10,14H,1-2,5,7H2. The first kappa shape index (κ1) is 10.1. The fourth-order valence-corrected chi connectivity index (χ4v) is 2.35. The van der Waals surface area contributed by atoms with Crippen molar-refractivity contribution in [3.63, 3.8) is 0 Å². The molecule has 0 spiro atoms. The van der Waals surface area contributed by atoms with E-state index in [1.807, 2.05) is 18.2 Å². The molecule has 1 atom stereocenters. The van der Waals surface area contributed by atoms with Crippen LogP contribution >= 0.6 is 11.6 Å². The van der Waals surface area contributed by atoms with E-state index in [1.165, 1.54) is 12.8 Å². The van der Waals surface area contributed by atoms with E-state index in [0.29, 0.717) is 10.6 Å². The van der Waals surface area contributed by atoms with Crippen molar-refractivity contribution in [2.75, 3.05) is 6.54 Å². The van der Waals surface area contributed by atoms with Gasteiger partial charge in [0.2, 0.25) is 5.89 Å². The van der Waals surface area contributed by atoms with Crippen molar-refractivity contribution >= 4 is 22.7 Å². The molecule has 3 nitrogen and oxygen atoms in total. The van der Waals surface area contributed by atoms with Crippen molar-refractivity contribution in [1.29, 1.82) is 0 Å². The molecule has 0 radical (unpaired) electrons. The maximum Gasteiger partial charge on any atom is 0.212 e. The Labute approximate surface area is 98.8 Å². The minimum Gasteiger partial charge on any atom is -0.437 e. The van der Waals surface area contributed by atoms with Crippen LogP contribution in [0.1, 0.15) is 31.2 Å². The molecule has 0 amide bonds. The predicted molar refractivity (Wildman–Crippen MR) is 63.6 cm³/mol. The Hall–Kier alpha value is -1.06. The van der Waals surface area contributed by atoms with Crippen LogP contribution in [0.25, 0.3) is 11.1 Å². The second-order valence-corrected chi connectivity index (χ2v) is 4.55. The summed E-state index contributed by atoms with van der Waals surface area (Å²) >= 11 is 6.06. The van der Waals surface area contributed by atoms with Gasteiger partial charge in [0.1, 0.15) is 5.52 Å². The largest absolute Gasteiger partial charge is 0.437 e. The Balaban J connectivity index is 2.01. The summed E-state index contributed by atoms with van der Waals surface area (Å²) in [5.41, 5.74) is 1.54. The zero-order valence-corrected chi connectivity index (χ0v) is 9.63. The van der Waals surface area contributed by atoms with Crippen LogP contribution in [0.4, 0.5) is 0 Å². The number of hydrogen-bond acceptors (Lipinski definition) is 3. The monoisotopic (exact) mass is 236 g/mol. The van der Waals surface area contributed by atoms with E-state index < -0.39 is 0 Å². The number of oxazole rings is 1. The third kappa shape index (κ3) is 1.70. The maximum absolute atomic E-state index is 6.06. The second kappa shape index (κ2) is 4.07. The second-order valence-electron chi connectivity index (χ2n) is 4.14. The molecule has 1 aromatic heterocycles. The number of piperidine rings is 1. The van der Waals surface area contributed by atoms with Gasteiger partial charge in [-0.2, -0.15) is 0 Å². The number of fused-ring (bicyclic) bond motifs is 1. The molecule has 1 unspecified atom stereocenters. The fourth-order valence-electron chi connectivity index (χ4n) is 2.14. The van der Waals surface area contributed by atoms with Gasteiger partial charge in [-0.15, -0.1) is 0 Å². The number of hydrogen-bond donors (Lipinski definition) is 1. The minimum atomic E-state index is 0.247. The number of nitrogens with zero attached hydrogens (tertiary/aromatic N) is 1. The lowest BCUT2D eigenvalue weighted by molar-refractivity contribution is 0.347. The normalized spacial score (nSPS) is 21.4. The predicted octanol–water partition coefficient (Wildman–Crippen LogP) is 3.30.